The van der Waals surface area contributed by atoms with E-state index in [1.165, 1.54) is 148 Å². The third-order valence-electron chi connectivity index (χ3n) is 8.81. The van der Waals surface area contributed by atoms with E-state index < -0.39 is 6.04 Å². The number of nitrogens with zero attached hydrogens (tertiary/aromatic N) is 1. The molecule has 1 atom stereocenters. The molecule has 0 aromatic carbocycles. The predicted molar refractivity (Wildman–Crippen MR) is 193 cm³/mol. The number of ether oxygens (including phenoxy) is 1. The quantitative estimate of drug-likeness (QED) is 0.0277. The molecule has 5 N–H and O–H groups in total. The highest BCUT2D eigenvalue weighted by atomic mass is 16.5. The van der Waals surface area contributed by atoms with Crippen molar-refractivity contribution < 1.29 is 14.3 Å². The van der Waals surface area contributed by atoms with Gasteiger partial charge in [-0.05, 0) is 25.7 Å². The average Bonchev–Trinajstić information content (AvgIpc) is 3.02. The Morgan fingerprint density at radius 2 is 0.933 bits per heavy atom. The van der Waals surface area contributed by atoms with Crippen LogP contribution in [-0.4, -0.2) is 37.0 Å². The molecule has 0 bridgehead atoms. The van der Waals surface area contributed by atoms with E-state index in [-0.39, 0.29) is 17.8 Å². The molecular formula is C38H76N4O3. The van der Waals surface area contributed by atoms with E-state index in [1.54, 1.807) is 0 Å². The minimum absolute atomic E-state index is 0.0400. The molecule has 0 heterocycles. The van der Waals surface area contributed by atoms with Crippen LogP contribution in [0.5, 0.6) is 0 Å². The first-order valence-corrected chi connectivity index (χ1v) is 19.5. The number of nitrogens with one attached hydrogen (secondary N) is 1. The summed E-state index contributed by atoms with van der Waals surface area (Å²) in [6.45, 7) is 5.37. The molecule has 0 fully saturated rings. The molecule has 1 unspecified atom stereocenters. The van der Waals surface area contributed by atoms with Gasteiger partial charge >= 0.3 is 5.97 Å². The molecule has 0 radical (unpaired) electrons. The molecule has 266 valence electrons. The van der Waals surface area contributed by atoms with Crippen LogP contribution in [-0.2, 0) is 14.3 Å². The van der Waals surface area contributed by atoms with E-state index in [1.807, 2.05) is 0 Å². The number of esters is 1. The molecule has 7 heteroatoms. The number of nitrogens with two attached hydrogens (primary N) is 2. The number of amides is 1. The lowest BCUT2D eigenvalue weighted by Crippen LogP contribution is -2.42. The monoisotopic (exact) mass is 637 g/mol. The van der Waals surface area contributed by atoms with Crippen molar-refractivity contribution in [2.45, 2.75) is 213 Å². The minimum atomic E-state index is -0.638. The molecule has 0 aliphatic heterocycles. The summed E-state index contributed by atoms with van der Waals surface area (Å²) in [6, 6.07) is -0.638. The number of aliphatic imine (C=N–C) groups is 1. The van der Waals surface area contributed by atoms with Gasteiger partial charge in [-0.15, -0.1) is 0 Å². The van der Waals surface area contributed by atoms with Gasteiger partial charge < -0.3 is 21.5 Å². The number of carbonyl (C=O) groups excluding carboxylic acids is 2. The van der Waals surface area contributed by atoms with E-state index in [0.29, 0.717) is 32.4 Å². The Labute approximate surface area is 279 Å². The van der Waals surface area contributed by atoms with Crippen LogP contribution in [0.3, 0.4) is 0 Å². The van der Waals surface area contributed by atoms with Crippen LogP contribution < -0.4 is 16.8 Å². The molecule has 0 aliphatic rings. The smallest absolute Gasteiger partial charge is 0.328 e. The van der Waals surface area contributed by atoms with Crippen molar-refractivity contribution in [1.82, 2.24) is 5.32 Å². The Bertz CT molecular complexity index is 682. The van der Waals surface area contributed by atoms with Crippen LogP contribution >= 0.6 is 0 Å². The highest BCUT2D eigenvalue weighted by Gasteiger charge is 2.21. The van der Waals surface area contributed by atoms with Gasteiger partial charge in [0.15, 0.2) is 5.96 Å². The molecule has 0 spiro atoms. The number of hydrogen-bond acceptors (Lipinski definition) is 4. The Morgan fingerprint density at radius 3 is 1.33 bits per heavy atom. The lowest BCUT2D eigenvalue weighted by Gasteiger charge is -2.17. The normalized spacial score (nSPS) is 11.8. The Morgan fingerprint density at radius 1 is 0.556 bits per heavy atom. The van der Waals surface area contributed by atoms with Crippen molar-refractivity contribution in [2.24, 2.45) is 16.5 Å². The first kappa shape index (κ1) is 43.2. The summed E-state index contributed by atoms with van der Waals surface area (Å²) >= 11 is 0. The predicted octanol–water partition coefficient (Wildman–Crippen LogP) is 10.0. The number of carbonyl (C=O) groups is 2. The molecular weight excluding hydrogens is 560 g/mol. The Kier molecular flexibility index (Phi) is 33.7. The molecule has 7 nitrogen and oxygen atoms in total. The maximum absolute atomic E-state index is 12.8. The van der Waals surface area contributed by atoms with Crippen molar-refractivity contribution in [3.05, 3.63) is 0 Å². The molecule has 45 heavy (non-hydrogen) atoms. The van der Waals surface area contributed by atoms with Crippen LogP contribution in [0.4, 0.5) is 0 Å². The Hall–Kier alpha value is -1.79. The topological polar surface area (TPSA) is 120 Å². The zero-order chi connectivity index (χ0) is 33.1. The fourth-order valence-electron chi connectivity index (χ4n) is 5.89. The fraction of sp³-hybridized carbons (Fsp3) is 0.921. The second kappa shape index (κ2) is 35.1. The summed E-state index contributed by atoms with van der Waals surface area (Å²) < 4.78 is 5.57. The maximum atomic E-state index is 12.8. The third kappa shape index (κ3) is 33.4. The van der Waals surface area contributed by atoms with Gasteiger partial charge in [0, 0.05) is 13.0 Å². The van der Waals surface area contributed by atoms with Gasteiger partial charge in [0.1, 0.15) is 6.04 Å². The lowest BCUT2D eigenvalue weighted by atomic mass is 10.0. The van der Waals surface area contributed by atoms with E-state index in [9.17, 15) is 9.59 Å². The minimum Gasteiger partial charge on any atom is -0.464 e. The highest BCUT2D eigenvalue weighted by Crippen LogP contribution is 2.15. The van der Waals surface area contributed by atoms with Gasteiger partial charge in [-0.25, -0.2) is 4.79 Å². The summed E-state index contributed by atoms with van der Waals surface area (Å²) in [4.78, 5) is 29.4. The summed E-state index contributed by atoms with van der Waals surface area (Å²) in [5.74, 6) is -0.372. The second-order valence-electron chi connectivity index (χ2n) is 13.3. The average molecular weight is 637 g/mol. The Balaban J connectivity index is 3.97. The first-order chi connectivity index (χ1) is 22.0. The first-order valence-electron chi connectivity index (χ1n) is 19.5. The second-order valence-corrected chi connectivity index (χ2v) is 13.3. The third-order valence-corrected chi connectivity index (χ3v) is 8.81. The van der Waals surface area contributed by atoms with Crippen molar-refractivity contribution in [1.29, 1.82) is 0 Å². The van der Waals surface area contributed by atoms with E-state index >= 15 is 0 Å². The summed E-state index contributed by atoms with van der Waals surface area (Å²) in [5, 5.41) is 2.92. The highest BCUT2D eigenvalue weighted by molar-refractivity contribution is 5.84. The van der Waals surface area contributed by atoms with E-state index in [0.717, 1.165) is 25.7 Å². The molecule has 0 aromatic heterocycles. The summed E-state index contributed by atoms with van der Waals surface area (Å²) in [7, 11) is 0. The molecule has 0 saturated carbocycles. The van der Waals surface area contributed by atoms with Gasteiger partial charge in [0.05, 0.1) is 6.61 Å². The molecule has 0 aliphatic carbocycles. The maximum Gasteiger partial charge on any atom is 0.328 e. The van der Waals surface area contributed by atoms with Gasteiger partial charge in [-0.1, -0.05) is 174 Å². The number of unbranched alkanes of at least 4 members (excludes halogenated alkanes) is 25. The summed E-state index contributed by atoms with van der Waals surface area (Å²) in [6.07, 6.45) is 36.2. The van der Waals surface area contributed by atoms with Crippen LogP contribution in [0.2, 0.25) is 0 Å². The SMILES string of the molecule is CCCCCCCCCCCCCCCCCCOC(=O)C(CCCN=C(N)N)NC(=O)CCCCCCCCCCCCC. The van der Waals surface area contributed by atoms with Crippen molar-refractivity contribution in [2.75, 3.05) is 13.2 Å². The number of rotatable bonds is 35. The molecule has 0 aromatic rings. The standard InChI is InChI=1S/C38H76N4O3/c1-3-5-7-9-11-13-15-16-17-18-19-21-23-25-27-29-34-45-37(44)35(31-30-33-41-38(39)40)42-36(43)32-28-26-24-22-20-14-12-10-8-6-4-2/h35H,3-34H2,1-2H3,(H,42,43)(H4,39,40,41). The zero-order valence-corrected chi connectivity index (χ0v) is 30.0. The largest absolute Gasteiger partial charge is 0.464 e. The van der Waals surface area contributed by atoms with Crippen LogP contribution in [0.15, 0.2) is 4.99 Å². The van der Waals surface area contributed by atoms with Gasteiger partial charge in [-0.2, -0.15) is 0 Å². The van der Waals surface area contributed by atoms with Gasteiger partial charge in [0.25, 0.3) is 0 Å². The number of hydrogen-bond donors (Lipinski definition) is 3. The molecule has 1 amide bonds. The van der Waals surface area contributed by atoms with Crippen LogP contribution in [0, 0.1) is 0 Å². The van der Waals surface area contributed by atoms with E-state index in [2.05, 4.69) is 24.2 Å². The lowest BCUT2D eigenvalue weighted by molar-refractivity contribution is -0.148. The number of guanidine groups is 1. The van der Waals surface area contributed by atoms with Crippen molar-refractivity contribution >= 4 is 17.8 Å². The zero-order valence-electron chi connectivity index (χ0n) is 30.0. The van der Waals surface area contributed by atoms with Crippen molar-refractivity contribution in [3.8, 4) is 0 Å². The van der Waals surface area contributed by atoms with Gasteiger partial charge in [0.2, 0.25) is 5.91 Å². The summed E-state index contributed by atoms with van der Waals surface area (Å²) in [5.41, 5.74) is 10.8. The van der Waals surface area contributed by atoms with Crippen LogP contribution in [0.25, 0.3) is 0 Å². The van der Waals surface area contributed by atoms with Crippen molar-refractivity contribution in [3.63, 3.8) is 0 Å². The molecule has 0 saturated heterocycles. The van der Waals surface area contributed by atoms with Crippen LogP contribution in [0.1, 0.15) is 206 Å². The molecule has 0 rings (SSSR count). The fourth-order valence-corrected chi connectivity index (χ4v) is 5.89. The van der Waals surface area contributed by atoms with E-state index in [4.69, 9.17) is 16.2 Å². The van der Waals surface area contributed by atoms with Gasteiger partial charge in [-0.3, -0.25) is 9.79 Å².